The van der Waals surface area contributed by atoms with Crippen LogP contribution in [0.4, 0.5) is 11.4 Å². The molecule has 0 aliphatic carbocycles. The normalized spacial score (nSPS) is 10.3. The van der Waals surface area contributed by atoms with Gasteiger partial charge in [0.25, 0.3) is 0 Å². The predicted molar refractivity (Wildman–Crippen MR) is 81.8 cm³/mol. The van der Waals surface area contributed by atoms with Crippen molar-refractivity contribution in [3.8, 4) is 6.07 Å². The number of fused-ring (bicyclic) bond motifs is 1. The zero-order valence-corrected chi connectivity index (χ0v) is 12.1. The van der Waals surface area contributed by atoms with E-state index in [0.717, 1.165) is 26.1 Å². The molecule has 0 saturated carbocycles. The molecule has 2 aromatic carbocycles. The quantitative estimate of drug-likeness (QED) is 0.742. The molecule has 1 N–H and O–H groups in total. The van der Waals surface area contributed by atoms with Crippen LogP contribution in [0.1, 0.15) is 5.56 Å². The number of hydrogen-bond acceptors (Lipinski definition) is 4. The Kier molecular flexibility index (Phi) is 3.20. The number of benzene rings is 2. The van der Waals surface area contributed by atoms with Crippen molar-refractivity contribution in [2.24, 2.45) is 0 Å². The average Bonchev–Trinajstić information content (AvgIpc) is 2.85. The Morgan fingerprint density at radius 1 is 1.16 bits per heavy atom. The number of thiazole rings is 1. The van der Waals surface area contributed by atoms with Gasteiger partial charge in [0.05, 0.1) is 27.4 Å². The largest absolute Gasteiger partial charge is 0.355 e. The fraction of sp³-hybridized carbons (Fsp3) is 0. The zero-order valence-electron chi connectivity index (χ0n) is 9.72. The predicted octanol–water partition coefficient (Wildman–Crippen LogP) is 4.67. The minimum absolute atomic E-state index is 0.621. The van der Waals surface area contributed by atoms with Crippen LogP contribution in [0, 0.1) is 11.3 Å². The van der Waals surface area contributed by atoms with E-state index in [0.29, 0.717) is 5.56 Å². The lowest BCUT2D eigenvalue weighted by Gasteiger charge is -2.07. The summed E-state index contributed by atoms with van der Waals surface area (Å²) >= 11 is 5.01. The number of nitrogens with one attached hydrogen (secondary N) is 1. The van der Waals surface area contributed by atoms with Gasteiger partial charge in [-0.15, -0.1) is 11.3 Å². The third-order valence-electron chi connectivity index (χ3n) is 2.65. The third kappa shape index (κ3) is 2.60. The van der Waals surface area contributed by atoms with E-state index in [1.165, 1.54) is 0 Å². The third-order valence-corrected chi connectivity index (χ3v) is 3.90. The van der Waals surface area contributed by atoms with Gasteiger partial charge in [0, 0.05) is 15.8 Å². The van der Waals surface area contributed by atoms with Crippen molar-refractivity contribution in [1.29, 1.82) is 5.26 Å². The van der Waals surface area contributed by atoms with Gasteiger partial charge in [0.2, 0.25) is 0 Å². The summed E-state index contributed by atoms with van der Waals surface area (Å²) < 4.78 is 2.02. The zero-order chi connectivity index (χ0) is 13.2. The second-order valence-electron chi connectivity index (χ2n) is 4.00. The van der Waals surface area contributed by atoms with Crippen LogP contribution in [0.2, 0.25) is 0 Å². The number of nitriles is 1. The van der Waals surface area contributed by atoms with Crippen molar-refractivity contribution in [2.45, 2.75) is 0 Å². The van der Waals surface area contributed by atoms with Gasteiger partial charge in [0.15, 0.2) is 0 Å². The summed E-state index contributed by atoms with van der Waals surface area (Å²) in [7, 11) is 0. The van der Waals surface area contributed by atoms with E-state index in [9.17, 15) is 0 Å². The van der Waals surface area contributed by atoms with Gasteiger partial charge in [0.1, 0.15) is 0 Å². The molecule has 0 aliphatic rings. The first-order valence-electron chi connectivity index (χ1n) is 5.55. The topological polar surface area (TPSA) is 48.7 Å². The molecule has 0 atom stereocenters. The van der Waals surface area contributed by atoms with Crippen LogP contribution in [0.15, 0.2) is 46.4 Å². The first kappa shape index (κ1) is 12.2. The second kappa shape index (κ2) is 5.00. The summed E-state index contributed by atoms with van der Waals surface area (Å²) in [5.41, 5.74) is 5.33. The molecule has 0 spiro atoms. The van der Waals surface area contributed by atoms with E-state index in [4.69, 9.17) is 5.26 Å². The molecule has 0 saturated heterocycles. The van der Waals surface area contributed by atoms with Crippen LogP contribution in [0.5, 0.6) is 0 Å². The summed E-state index contributed by atoms with van der Waals surface area (Å²) in [6, 6.07) is 13.7. The summed E-state index contributed by atoms with van der Waals surface area (Å²) in [6.45, 7) is 0. The maximum atomic E-state index is 8.96. The minimum atomic E-state index is 0.621. The number of nitrogens with zero attached hydrogens (tertiary/aromatic N) is 2. The highest BCUT2D eigenvalue weighted by atomic mass is 79.9. The maximum Gasteiger partial charge on any atom is 0.0992 e. The molecule has 3 nitrogen and oxygen atoms in total. The van der Waals surface area contributed by atoms with E-state index < -0.39 is 0 Å². The van der Waals surface area contributed by atoms with E-state index in [1.54, 1.807) is 17.4 Å². The maximum absolute atomic E-state index is 8.96. The van der Waals surface area contributed by atoms with Crippen LogP contribution >= 0.6 is 27.3 Å². The molecule has 1 aromatic heterocycles. The molecule has 92 valence electrons. The van der Waals surface area contributed by atoms with Crippen molar-refractivity contribution < 1.29 is 0 Å². The summed E-state index contributed by atoms with van der Waals surface area (Å²) in [5.74, 6) is 0. The van der Waals surface area contributed by atoms with Gasteiger partial charge in [-0.25, -0.2) is 4.98 Å². The van der Waals surface area contributed by atoms with Gasteiger partial charge in [-0.3, -0.25) is 0 Å². The van der Waals surface area contributed by atoms with Crippen LogP contribution in [-0.4, -0.2) is 4.98 Å². The van der Waals surface area contributed by atoms with Crippen molar-refractivity contribution in [3.63, 3.8) is 0 Å². The molecule has 0 amide bonds. The van der Waals surface area contributed by atoms with E-state index in [1.807, 2.05) is 29.8 Å². The van der Waals surface area contributed by atoms with E-state index in [-0.39, 0.29) is 0 Å². The number of halogens is 1. The van der Waals surface area contributed by atoms with Crippen LogP contribution < -0.4 is 5.32 Å². The van der Waals surface area contributed by atoms with Gasteiger partial charge in [-0.05, 0) is 36.4 Å². The van der Waals surface area contributed by atoms with Crippen molar-refractivity contribution in [2.75, 3.05) is 5.32 Å². The van der Waals surface area contributed by atoms with Gasteiger partial charge in [-0.1, -0.05) is 15.9 Å². The van der Waals surface area contributed by atoms with Gasteiger partial charge < -0.3 is 5.32 Å². The Balaban J connectivity index is 1.96. The summed E-state index contributed by atoms with van der Waals surface area (Å²) in [5, 5.41) is 12.3. The first-order chi connectivity index (χ1) is 9.24. The smallest absolute Gasteiger partial charge is 0.0992 e. The van der Waals surface area contributed by atoms with Gasteiger partial charge >= 0.3 is 0 Å². The monoisotopic (exact) mass is 329 g/mol. The molecule has 0 fully saturated rings. The summed E-state index contributed by atoms with van der Waals surface area (Å²) in [6.07, 6.45) is 0. The lowest BCUT2D eigenvalue weighted by Crippen LogP contribution is -1.91. The number of anilines is 2. The lowest BCUT2D eigenvalue weighted by molar-refractivity contribution is 1.46. The fourth-order valence-corrected chi connectivity index (χ4v) is 3.04. The van der Waals surface area contributed by atoms with Crippen molar-refractivity contribution in [3.05, 3.63) is 51.9 Å². The SMILES string of the molecule is N#Cc1cc(Br)cc(Nc2ccc3ncsc3c2)c1. The molecule has 1 heterocycles. The first-order valence-corrected chi connectivity index (χ1v) is 7.23. The number of aromatic nitrogens is 1. The Morgan fingerprint density at radius 2 is 2.05 bits per heavy atom. The molecule has 3 aromatic rings. The lowest BCUT2D eigenvalue weighted by atomic mass is 10.2. The molecular formula is C14H8BrN3S. The standard InChI is InChI=1S/C14H8BrN3S/c15-10-3-9(7-16)4-12(5-10)18-11-1-2-13-14(6-11)19-8-17-13/h1-6,8,18H. The Morgan fingerprint density at radius 3 is 2.89 bits per heavy atom. The average molecular weight is 330 g/mol. The molecule has 5 heteroatoms. The minimum Gasteiger partial charge on any atom is -0.355 e. The molecule has 0 aliphatic heterocycles. The highest BCUT2D eigenvalue weighted by Gasteiger charge is 2.02. The molecule has 0 radical (unpaired) electrons. The summed E-state index contributed by atoms with van der Waals surface area (Å²) in [4.78, 5) is 4.25. The molecule has 0 bridgehead atoms. The Bertz CT molecular complexity index is 789. The van der Waals surface area contributed by atoms with Crippen molar-refractivity contribution >= 4 is 48.9 Å². The highest BCUT2D eigenvalue weighted by molar-refractivity contribution is 9.10. The molecular weight excluding hydrogens is 322 g/mol. The fourth-order valence-electron chi connectivity index (χ4n) is 1.83. The molecule has 3 rings (SSSR count). The van der Waals surface area contributed by atoms with Crippen LogP contribution in [-0.2, 0) is 0 Å². The van der Waals surface area contributed by atoms with Crippen molar-refractivity contribution in [1.82, 2.24) is 4.98 Å². The molecule has 0 unspecified atom stereocenters. The number of hydrogen-bond donors (Lipinski definition) is 1. The molecule has 19 heavy (non-hydrogen) atoms. The highest BCUT2D eigenvalue weighted by Crippen LogP contribution is 2.26. The van der Waals surface area contributed by atoms with E-state index >= 15 is 0 Å². The Labute approximate surface area is 122 Å². The van der Waals surface area contributed by atoms with Gasteiger partial charge in [-0.2, -0.15) is 5.26 Å². The Hall–Kier alpha value is -1.90. The van der Waals surface area contributed by atoms with Crippen LogP contribution in [0.25, 0.3) is 10.2 Å². The number of rotatable bonds is 2. The van der Waals surface area contributed by atoms with Crippen LogP contribution in [0.3, 0.4) is 0 Å². The second-order valence-corrected chi connectivity index (χ2v) is 5.80. The van der Waals surface area contributed by atoms with E-state index in [2.05, 4.69) is 38.4 Å².